The molecule has 1 heteroatoms. The predicted molar refractivity (Wildman–Crippen MR) is 88.9 cm³/mol. The number of aliphatic hydroxyl groups excluding tert-OH is 1. The van der Waals surface area contributed by atoms with Gasteiger partial charge in [-0.15, -0.1) is 0 Å². The van der Waals surface area contributed by atoms with E-state index in [0.717, 1.165) is 11.8 Å². The summed E-state index contributed by atoms with van der Waals surface area (Å²) in [7, 11) is 0. The third-order valence-corrected chi connectivity index (χ3v) is 5.87. The largest absolute Gasteiger partial charge is 0.396 e. The summed E-state index contributed by atoms with van der Waals surface area (Å²) in [5.74, 6) is 1.67. The fourth-order valence-electron chi connectivity index (χ4n) is 4.08. The molecule has 0 bridgehead atoms. The van der Waals surface area contributed by atoms with Crippen LogP contribution in [0, 0.1) is 22.7 Å². The van der Waals surface area contributed by atoms with Crippen molar-refractivity contribution in [2.75, 3.05) is 6.61 Å². The lowest BCUT2D eigenvalue weighted by atomic mass is 9.61. The molecular formula is C19H38O. The summed E-state index contributed by atoms with van der Waals surface area (Å²) >= 11 is 0. The summed E-state index contributed by atoms with van der Waals surface area (Å²) in [5, 5.41) is 10.0. The normalized spacial score (nSPS) is 29.4. The van der Waals surface area contributed by atoms with Crippen LogP contribution in [0.2, 0.25) is 0 Å². The molecule has 1 atom stereocenters. The molecule has 0 aromatic carbocycles. The molecule has 1 N–H and O–H groups in total. The maximum Gasteiger partial charge on any atom is 0.0487 e. The molecule has 1 aliphatic rings. The summed E-state index contributed by atoms with van der Waals surface area (Å²) in [6.45, 7) is 12.1. The van der Waals surface area contributed by atoms with E-state index in [1.807, 2.05) is 0 Å². The van der Waals surface area contributed by atoms with Gasteiger partial charge in [-0.25, -0.2) is 0 Å². The van der Waals surface area contributed by atoms with Crippen molar-refractivity contribution < 1.29 is 5.11 Å². The smallest absolute Gasteiger partial charge is 0.0487 e. The second kappa shape index (κ2) is 7.82. The number of rotatable bonds is 7. The van der Waals surface area contributed by atoms with Gasteiger partial charge in [-0.1, -0.05) is 60.3 Å². The van der Waals surface area contributed by atoms with Gasteiger partial charge < -0.3 is 5.11 Å². The molecule has 1 unspecified atom stereocenters. The van der Waals surface area contributed by atoms with Crippen molar-refractivity contribution >= 4 is 0 Å². The first-order chi connectivity index (χ1) is 9.37. The highest BCUT2D eigenvalue weighted by molar-refractivity contribution is 4.90. The Balaban J connectivity index is 2.57. The third-order valence-electron chi connectivity index (χ3n) is 5.87. The van der Waals surface area contributed by atoms with Crippen molar-refractivity contribution in [2.45, 2.75) is 92.4 Å². The van der Waals surface area contributed by atoms with E-state index in [1.54, 1.807) is 0 Å². The zero-order valence-electron chi connectivity index (χ0n) is 14.7. The molecule has 120 valence electrons. The Morgan fingerprint density at radius 3 is 2.15 bits per heavy atom. The summed E-state index contributed by atoms with van der Waals surface area (Å²) in [4.78, 5) is 0. The second-order valence-electron chi connectivity index (χ2n) is 8.42. The molecule has 0 amide bonds. The molecule has 1 nitrogen and oxygen atoms in total. The van der Waals surface area contributed by atoms with E-state index in [9.17, 15) is 5.11 Å². The van der Waals surface area contributed by atoms with E-state index in [-0.39, 0.29) is 5.41 Å². The Labute approximate surface area is 127 Å². The number of hydrogen-bond acceptors (Lipinski definition) is 1. The Morgan fingerprint density at radius 1 is 1.15 bits per heavy atom. The minimum Gasteiger partial charge on any atom is -0.396 e. The van der Waals surface area contributed by atoms with Crippen LogP contribution in [0.4, 0.5) is 0 Å². The zero-order valence-corrected chi connectivity index (χ0v) is 14.7. The molecule has 0 aromatic rings. The SMILES string of the molecule is CCCCC(CC)CC1(CO)CCC(C(C)(C)C)CC1. The van der Waals surface area contributed by atoms with Crippen LogP contribution >= 0.6 is 0 Å². The topological polar surface area (TPSA) is 20.2 Å². The van der Waals surface area contributed by atoms with Crippen molar-refractivity contribution in [1.82, 2.24) is 0 Å². The van der Waals surface area contributed by atoms with Gasteiger partial charge in [0.05, 0.1) is 0 Å². The van der Waals surface area contributed by atoms with Gasteiger partial charge in [0.2, 0.25) is 0 Å². The fourth-order valence-corrected chi connectivity index (χ4v) is 4.08. The van der Waals surface area contributed by atoms with Crippen molar-refractivity contribution in [1.29, 1.82) is 0 Å². The second-order valence-corrected chi connectivity index (χ2v) is 8.42. The number of aliphatic hydroxyl groups is 1. The Kier molecular flexibility index (Phi) is 7.04. The van der Waals surface area contributed by atoms with Crippen molar-refractivity contribution in [3.05, 3.63) is 0 Å². The molecule has 20 heavy (non-hydrogen) atoms. The minimum absolute atomic E-state index is 0.246. The molecule has 1 rings (SSSR count). The monoisotopic (exact) mass is 282 g/mol. The molecule has 0 heterocycles. The van der Waals surface area contributed by atoms with E-state index in [1.165, 1.54) is 57.8 Å². The van der Waals surface area contributed by atoms with Crippen molar-refractivity contribution in [2.24, 2.45) is 22.7 Å². The number of unbranched alkanes of at least 4 members (excludes halogenated alkanes) is 1. The molecule has 0 saturated heterocycles. The average molecular weight is 283 g/mol. The van der Waals surface area contributed by atoms with E-state index >= 15 is 0 Å². The molecule has 0 radical (unpaired) electrons. The maximum absolute atomic E-state index is 10.0. The first kappa shape index (κ1) is 18.0. The Hall–Kier alpha value is -0.0400. The van der Waals surface area contributed by atoms with Crippen LogP contribution in [0.15, 0.2) is 0 Å². The van der Waals surface area contributed by atoms with Gasteiger partial charge in [0.1, 0.15) is 0 Å². The third kappa shape index (κ3) is 5.06. The summed E-state index contributed by atoms with van der Waals surface area (Å²) in [6, 6.07) is 0. The summed E-state index contributed by atoms with van der Waals surface area (Å²) < 4.78 is 0. The van der Waals surface area contributed by atoms with Gasteiger partial charge in [0.25, 0.3) is 0 Å². The van der Waals surface area contributed by atoms with Crippen LogP contribution in [0.3, 0.4) is 0 Å². The van der Waals surface area contributed by atoms with Gasteiger partial charge in [0.15, 0.2) is 0 Å². The van der Waals surface area contributed by atoms with Crippen LogP contribution in [-0.4, -0.2) is 11.7 Å². The van der Waals surface area contributed by atoms with Crippen LogP contribution in [0.25, 0.3) is 0 Å². The van der Waals surface area contributed by atoms with Crippen molar-refractivity contribution in [3.8, 4) is 0 Å². The highest BCUT2D eigenvalue weighted by atomic mass is 16.3. The number of hydrogen-bond donors (Lipinski definition) is 1. The molecular weight excluding hydrogens is 244 g/mol. The van der Waals surface area contributed by atoms with Gasteiger partial charge in [-0.05, 0) is 54.8 Å². The highest BCUT2D eigenvalue weighted by Crippen LogP contribution is 2.48. The predicted octanol–water partition coefficient (Wildman–Crippen LogP) is 5.81. The first-order valence-corrected chi connectivity index (χ1v) is 8.97. The van der Waals surface area contributed by atoms with Gasteiger partial charge in [-0.3, -0.25) is 0 Å². The van der Waals surface area contributed by atoms with Crippen LogP contribution in [-0.2, 0) is 0 Å². The Morgan fingerprint density at radius 2 is 1.75 bits per heavy atom. The standard InChI is InChI=1S/C19H38O/c1-6-8-9-16(7-2)14-19(15-20)12-10-17(11-13-19)18(3,4)5/h16-17,20H,6-15H2,1-5H3. The maximum atomic E-state index is 10.0. The highest BCUT2D eigenvalue weighted by Gasteiger charge is 2.39. The molecule has 1 aliphatic carbocycles. The fraction of sp³-hybridized carbons (Fsp3) is 1.00. The Bertz CT molecular complexity index is 255. The van der Waals surface area contributed by atoms with E-state index in [4.69, 9.17) is 0 Å². The summed E-state index contributed by atoms with van der Waals surface area (Å²) in [6.07, 6.45) is 11.7. The molecule has 0 aliphatic heterocycles. The van der Waals surface area contributed by atoms with E-state index in [0.29, 0.717) is 12.0 Å². The summed E-state index contributed by atoms with van der Waals surface area (Å²) in [5.41, 5.74) is 0.685. The van der Waals surface area contributed by atoms with E-state index in [2.05, 4.69) is 34.6 Å². The van der Waals surface area contributed by atoms with E-state index < -0.39 is 0 Å². The van der Waals surface area contributed by atoms with Gasteiger partial charge in [0, 0.05) is 6.61 Å². The van der Waals surface area contributed by atoms with Gasteiger partial charge >= 0.3 is 0 Å². The minimum atomic E-state index is 0.246. The zero-order chi connectivity index (χ0) is 15.2. The van der Waals surface area contributed by atoms with Gasteiger partial charge in [-0.2, -0.15) is 0 Å². The lowest BCUT2D eigenvalue weighted by Gasteiger charge is -2.44. The molecule has 1 fully saturated rings. The first-order valence-electron chi connectivity index (χ1n) is 8.97. The molecule has 1 saturated carbocycles. The quantitative estimate of drug-likeness (QED) is 0.625. The van der Waals surface area contributed by atoms with Crippen LogP contribution < -0.4 is 0 Å². The van der Waals surface area contributed by atoms with Crippen molar-refractivity contribution in [3.63, 3.8) is 0 Å². The van der Waals surface area contributed by atoms with Crippen LogP contribution in [0.1, 0.15) is 92.4 Å². The average Bonchev–Trinajstić information content (AvgIpc) is 2.43. The lowest BCUT2D eigenvalue weighted by Crippen LogP contribution is -2.36. The molecule has 0 spiro atoms. The lowest BCUT2D eigenvalue weighted by molar-refractivity contribution is 0.0165. The molecule has 0 aromatic heterocycles. The van der Waals surface area contributed by atoms with Crippen LogP contribution in [0.5, 0.6) is 0 Å².